The minimum absolute atomic E-state index is 0.218. The molecule has 0 aromatic rings. The third-order valence-corrected chi connectivity index (χ3v) is 2.83. The number of carbonyl (C=O) groups is 1. The van der Waals surface area contributed by atoms with Gasteiger partial charge >= 0.3 is 5.97 Å². The lowest BCUT2D eigenvalue weighted by molar-refractivity contribution is -0.148. The average molecular weight is 275 g/mol. The highest BCUT2D eigenvalue weighted by Gasteiger charge is 2.33. The highest BCUT2D eigenvalue weighted by molar-refractivity contribution is 5.80. The number of esters is 1. The van der Waals surface area contributed by atoms with Crippen molar-refractivity contribution in [1.29, 1.82) is 0 Å². The van der Waals surface area contributed by atoms with Gasteiger partial charge in [-0.25, -0.2) is 0 Å². The maximum Gasteiger partial charge on any atom is 0.325 e. The molecule has 0 aliphatic heterocycles. The minimum atomic E-state index is -0.677. The normalized spacial score (nSPS) is 14.4. The summed E-state index contributed by atoms with van der Waals surface area (Å²) in [4.78, 5) is 11.8. The molecular formula is C14H29NO4. The first-order valence-corrected chi connectivity index (χ1v) is 6.99. The highest BCUT2D eigenvalue weighted by Crippen LogP contribution is 2.12. The molecule has 1 atom stereocenters. The first-order chi connectivity index (χ1) is 8.96. The summed E-state index contributed by atoms with van der Waals surface area (Å²) < 4.78 is 15.7. The zero-order valence-corrected chi connectivity index (χ0v) is 13.0. The Kier molecular flexibility index (Phi) is 9.83. The zero-order valence-electron chi connectivity index (χ0n) is 13.0. The Morgan fingerprint density at radius 3 is 2.47 bits per heavy atom. The molecule has 1 N–H and O–H groups in total. The molecule has 5 nitrogen and oxygen atoms in total. The number of ether oxygens (including phenoxy) is 3. The van der Waals surface area contributed by atoms with Crippen LogP contribution >= 0.6 is 0 Å². The Morgan fingerprint density at radius 1 is 1.26 bits per heavy atom. The topological polar surface area (TPSA) is 56.8 Å². The number of methoxy groups -OCH3 is 1. The Morgan fingerprint density at radius 2 is 1.95 bits per heavy atom. The van der Waals surface area contributed by atoms with Crippen LogP contribution in [0, 0.1) is 0 Å². The molecule has 0 saturated heterocycles. The van der Waals surface area contributed by atoms with Crippen LogP contribution in [0.2, 0.25) is 0 Å². The van der Waals surface area contributed by atoms with E-state index < -0.39 is 5.54 Å². The van der Waals surface area contributed by atoms with Crippen LogP contribution in [0.25, 0.3) is 0 Å². The monoisotopic (exact) mass is 275 g/mol. The fraction of sp³-hybridized carbons (Fsp3) is 0.929. The van der Waals surface area contributed by atoms with Crippen LogP contribution in [0.5, 0.6) is 0 Å². The van der Waals surface area contributed by atoms with Crippen LogP contribution in [-0.4, -0.2) is 51.1 Å². The van der Waals surface area contributed by atoms with Crippen molar-refractivity contribution in [2.75, 3.05) is 33.5 Å². The number of nitrogens with one attached hydrogen (secondary N) is 1. The molecule has 0 rings (SSSR count). The van der Waals surface area contributed by atoms with E-state index in [-0.39, 0.29) is 12.1 Å². The van der Waals surface area contributed by atoms with Crippen molar-refractivity contribution in [2.45, 2.75) is 52.2 Å². The van der Waals surface area contributed by atoms with Crippen LogP contribution in [0.3, 0.4) is 0 Å². The first kappa shape index (κ1) is 18.4. The second-order valence-electron chi connectivity index (χ2n) is 5.03. The standard InChI is InChI=1S/C14H29NO4/c1-6-8-15-14(4,13(16)17-5)7-9-18-10-11-19-12(2)3/h12,15H,6-11H2,1-5H3. The van der Waals surface area contributed by atoms with Gasteiger partial charge in [0.05, 0.1) is 26.4 Å². The van der Waals surface area contributed by atoms with E-state index in [1.54, 1.807) is 0 Å². The second-order valence-corrected chi connectivity index (χ2v) is 5.03. The van der Waals surface area contributed by atoms with Gasteiger partial charge in [0.2, 0.25) is 0 Å². The largest absolute Gasteiger partial charge is 0.468 e. The number of hydrogen-bond donors (Lipinski definition) is 1. The lowest BCUT2D eigenvalue weighted by atomic mass is 9.98. The second kappa shape index (κ2) is 10.2. The summed E-state index contributed by atoms with van der Waals surface area (Å²) in [7, 11) is 1.41. The quantitative estimate of drug-likeness (QED) is 0.460. The van der Waals surface area contributed by atoms with Gasteiger partial charge in [-0.2, -0.15) is 0 Å². The van der Waals surface area contributed by atoms with E-state index in [1.807, 2.05) is 20.8 Å². The Hall–Kier alpha value is -0.650. The van der Waals surface area contributed by atoms with Gasteiger partial charge in [0.15, 0.2) is 0 Å². The van der Waals surface area contributed by atoms with Gasteiger partial charge in [0.1, 0.15) is 5.54 Å². The summed E-state index contributed by atoms with van der Waals surface area (Å²) in [5.41, 5.74) is -0.677. The van der Waals surface area contributed by atoms with E-state index in [0.29, 0.717) is 26.2 Å². The van der Waals surface area contributed by atoms with Crippen molar-refractivity contribution >= 4 is 5.97 Å². The molecule has 1 unspecified atom stereocenters. The van der Waals surface area contributed by atoms with Crippen molar-refractivity contribution < 1.29 is 19.0 Å². The van der Waals surface area contributed by atoms with E-state index in [4.69, 9.17) is 14.2 Å². The SMILES string of the molecule is CCCNC(C)(CCOCCOC(C)C)C(=O)OC. The van der Waals surface area contributed by atoms with E-state index in [9.17, 15) is 4.79 Å². The Bertz CT molecular complexity index is 246. The molecule has 114 valence electrons. The lowest BCUT2D eigenvalue weighted by Gasteiger charge is -2.27. The number of carbonyl (C=O) groups excluding carboxylic acids is 1. The maximum absolute atomic E-state index is 11.8. The van der Waals surface area contributed by atoms with Crippen molar-refractivity contribution in [3.8, 4) is 0 Å². The first-order valence-electron chi connectivity index (χ1n) is 6.99. The molecular weight excluding hydrogens is 246 g/mol. The van der Waals surface area contributed by atoms with Gasteiger partial charge in [-0.05, 0) is 40.2 Å². The highest BCUT2D eigenvalue weighted by atomic mass is 16.5. The van der Waals surface area contributed by atoms with Crippen LogP contribution in [-0.2, 0) is 19.0 Å². The molecule has 0 radical (unpaired) electrons. The number of hydrogen-bond acceptors (Lipinski definition) is 5. The van der Waals surface area contributed by atoms with Crippen LogP contribution in [0.15, 0.2) is 0 Å². The van der Waals surface area contributed by atoms with Gasteiger partial charge in [-0.3, -0.25) is 4.79 Å². The molecule has 19 heavy (non-hydrogen) atoms. The molecule has 0 spiro atoms. The van der Waals surface area contributed by atoms with Gasteiger partial charge in [-0.15, -0.1) is 0 Å². The smallest absolute Gasteiger partial charge is 0.325 e. The summed E-state index contributed by atoms with van der Waals surface area (Å²) in [5, 5.41) is 3.22. The zero-order chi connectivity index (χ0) is 14.7. The Labute approximate surface area is 117 Å². The minimum Gasteiger partial charge on any atom is -0.468 e. The van der Waals surface area contributed by atoms with E-state index in [2.05, 4.69) is 12.2 Å². The van der Waals surface area contributed by atoms with Crippen LogP contribution in [0.1, 0.15) is 40.5 Å². The van der Waals surface area contributed by atoms with Gasteiger partial charge in [-0.1, -0.05) is 6.92 Å². The van der Waals surface area contributed by atoms with E-state index >= 15 is 0 Å². The average Bonchev–Trinajstić information content (AvgIpc) is 2.39. The predicted molar refractivity (Wildman–Crippen MR) is 75.2 cm³/mol. The summed E-state index contributed by atoms with van der Waals surface area (Å²) in [6.45, 7) is 10.3. The number of rotatable bonds is 11. The molecule has 0 aliphatic carbocycles. The molecule has 0 heterocycles. The summed E-state index contributed by atoms with van der Waals surface area (Å²) >= 11 is 0. The van der Waals surface area contributed by atoms with Crippen molar-refractivity contribution in [2.24, 2.45) is 0 Å². The maximum atomic E-state index is 11.8. The lowest BCUT2D eigenvalue weighted by Crippen LogP contribution is -2.51. The fourth-order valence-electron chi connectivity index (χ4n) is 1.61. The summed E-state index contributed by atoms with van der Waals surface area (Å²) in [6.07, 6.45) is 1.77. The van der Waals surface area contributed by atoms with Crippen molar-refractivity contribution in [3.05, 3.63) is 0 Å². The van der Waals surface area contributed by atoms with Gasteiger partial charge < -0.3 is 19.5 Å². The van der Waals surface area contributed by atoms with Gasteiger partial charge in [0, 0.05) is 6.61 Å². The fourth-order valence-corrected chi connectivity index (χ4v) is 1.61. The van der Waals surface area contributed by atoms with E-state index in [0.717, 1.165) is 13.0 Å². The molecule has 0 aliphatic rings. The van der Waals surface area contributed by atoms with Crippen LogP contribution < -0.4 is 5.32 Å². The molecule has 5 heteroatoms. The summed E-state index contributed by atoms with van der Waals surface area (Å²) in [6, 6.07) is 0. The molecule has 0 aromatic carbocycles. The summed E-state index contributed by atoms with van der Waals surface area (Å²) in [5.74, 6) is -0.247. The van der Waals surface area contributed by atoms with Crippen molar-refractivity contribution in [3.63, 3.8) is 0 Å². The molecule has 0 amide bonds. The van der Waals surface area contributed by atoms with Gasteiger partial charge in [0.25, 0.3) is 0 Å². The molecule has 0 fully saturated rings. The predicted octanol–water partition coefficient (Wildman–Crippen LogP) is 1.75. The van der Waals surface area contributed by atoms with E-state index in [1.165, 1.54) is 7.11 Å². The molecule has 0 aromatic heterocycles. The third-order valence-electron chi connectivity index (χ3n) is 2.83. The Balaban J connectivity index is 3.96. The molecule has 0 bridgehead atoms. The third kappa shape index (κ3) is 8.18. The molecule has 0 saturated carbocycles. The van der Waals surface area contributed by atoms with Crippen molar-refractivity contribution in [1.82, 2.24) is 5.32 Å². The van der Waals surface area contributed by atoms with Crippen LogP contribution in [0.4, 0.5) is 0 Å².